The first kappa shape index (κ1) is 21.9. The summed E-state index contributed by atoms with van der Waals surface area (Å²) in [4.78, 5) is 23.6. The standard InChI is InChI=1S/C22H24FNO5/c1-4-28-19-9-7-16(12-20(19)27-3)8-10-22(26)29-14-21(25)24-13-17-6-5-15(2)18(23)11-17/h5-12H,4,13-14H2,1-3H3,(H,24,25)/b10-8+. The minimum Gasteiger partial charge on any atom is -0.493 e. The topological polar surface area (TPSA) is 73.9 Å². The molecule has 0 aliphatic rings. The summed E-state index contributed by atoms with van der Waals surface area (Å²) in [5.41, 5.74) is 1.87. The Morgan fingerprint density at radius 1 is 1.14 bits per heavy atom. The van der Waals surface area contributed by atoms with E-state index in [-0.39, 0.29) is 12.4 Å². The highest BCUT2D eigenvalue weighted by atomic mass is 19.1. The summed E-state index contributed by atoms with van der Waals surface area (Å²) in [7, 11) is 1.53. The first-order valence-electron chi connectivity index (χ1n) is 9.10. The number of rotatable bonds is 9. The average Bonchev–Trinajstić information content (AvgIpc) is 2.72. The van der Waals surface area contributed by atoms with E-state index in [1.807, 2.05) is 6.92 Å². The highest BCUT2D eigenvalue weighted by Gasteiger charge is 2.07. The van der Waals surface area contributed by atoms with Crippen LogP contribution in [0.3, 0.4) is 0 Å². The van der Waals surface area contributed by atoms with Crippen molar-refractivity contribution in [1.29, 1.82) is 0 Å². The van der Waals surface area contributed by atoms with E-state index in [0.717, 1.165) is 0 Å². The molecule has 0 aliphatic carbocycles. The molecule has 0 unspecified atom stereocenters. The number of hydrogen-bond acceptors (Lipinski definition) is 5. The van der Waals surface area contributed by atoms with Gasteiger partial charge in [-0.3, -0.25) is 4.79 Å². The second kappa shape index (κ2) is 10.8. The van der Waals surface area contributed by atoms with E-state index < -0.39 is 18.5 Å². The van der Waals surface area contributed by atoms with Crippen LogP contribution in [0.1, 0.15) is 23.6 Å². The van der Waals surface area contributed by atoms with Crippen LogP contribution in [0.15, 0.2) is 42.5 Å². The SMILES string of the molecule is CCOc1ccc(/C=C/C(=O)OCC(=O)NCc2ccc(C)c(F)c2)cc1OC. The Morgan fingerprint density at radius 3 is 2.62 bits per heavy atom. The third kappa shape index (κ3) is 6.95. The van der Waals surface area contributed by atoms with Crippen LogP contribution in [0, 0.1) is 12.7 Å². The van der Waals surface area contributed by atoms with Gasteiger partial charge in [0.2, 0.25) is 0 Å². The fourth-order valence-electron chi connectivity index (χ4n) is 2.41. The molecule has 6 nitrogen and oxygen atoms in total. The second-order valence-electron chi connectivity index (χ2n) is 6.14. The number of halogens is 1. The van der Waals surface area contributed by atoms with E-state index in [4.69, 9.17) is 14.2 Å². The van der Waals surface area contributed by atoms with Crippen molar-refractivity contribution in [3.05, 3.63) is 65.0 Å². The summed E-state index contributed by atoms with van der Waals surface area (Å²) >= 11 is 0. The molecule has 154 valence electrons. The number of nitrogens with one attached hydrogen (secondary N) is 1. The van der Waals surface area contributed by atoms with Crippen LogP contribution in [0.5, 0.6) is 11.5 Å². The van der Waals surface area contributed by atoms with Crippen LogP contribution in [-0.2, 0) is 20.9 Å². The maximum Gasteiger partial charge on any atom is 0.331 e. The normalized spacial score (nSPS) is 10.6. The smallest absolute Gasteiger partial charge is 0.331 e. The maximum absolute atomic E-state index is 13.5. The zero-order chi connectivity index (χ0) is 21.2. The lowest BCUT2D eigenvalue weighted by molar-refractivity contribution is -0.143. The Balaban J connectivity index is 1.81. The van der Waals surface area contributed by atoms with Gasteiger partial charge in [0, 0.05) is 12.6 Å². The summed E-state index contributed by atoms with van der Waals surface area (Å²) in [5.74, 6) is -0.307. The number of methoxy groups -OCH3 is 1. The van der Waals surface area contributed by atoms with Crippen molar-refractivity contribution in [1.82, 2.24) is 5.32 Å². The number of carbonyl (C=O) groups is 2. The number of esters is 1. The predicted octanol–water partition coefficient (Wildman–Crippen LogP) is 3.41. The van der Waals surface area contributed by atoms with E-state index in [2.05, 4.69) is 5.32 Å². The molecule has 0 aliphatic heterocycles. The summed E-state index contributed by atoms with van der Waals surface area (Å²) < 4.78 is 29.1. The Kier molecular flexibility index (Phi) is 8.21. The monoisotopic (exact) mass is 401 g/mol. The molecule has 0 heterocycles. The third-order valence-electron chi connectivity index (χ3n) is 3.97. The predicted molar refractivity (Wildman–Crippen MR) is 107 cm³/mol. The van der Waals surface area contributed by atoms with Gasteiger partial charge in [0.25, 0.3) is 5.91 Å². The minimum absolute atomic E-state index is 0.148. The zero-order valence-electron chi connectivity index (χ0n) is 16.7. The lowest BCUT2D eigenvalue weighted by Crippen LogP contribution is -2.28. The molecule has 0 bridgehead atoms. The largest absolute Gasteiger partial charge is 0.493 e. The Morgan fingerprint density at radius 2 is 1.93 bits per heavy atom. The molecule has 0 saturated carbocycles. The summed E-state index contributed by atoms with van der Waals surface area (Å²) in [6.45, 7) is 3.77. The van der Waals surface area contributed by atoms with E-state index in [9.17, 15) is 14.0 Å². The van der Waals surface area contributed by atoms with Gasteiger partial charge < -0.3 is 19.5 Å². The molecule has 2 aromatic carbocycles. The molecule has 0 saturated heterocycles. The number of carbonyl (C=O) groups excluding carboxylic acids is 2. The van der Waals surface area contributed by atoms with Gasteiger partial charge in [-0.2, -0.15) is 0 Å². The number of benzene rings is 2. The van der Waals surface area contributed by atoms with Gasteiger partial charge in [0.15, 0.2) is 18.1 Å². The molecule has 1 amide bonds. The Labute approximate surface area is 169 Å². The second-order valence-corrected chi connectivity index (χ2v) is 6.14. The highest BCUT2D eigenvalue weighted by molar-refractivity contribution is 5.89. The minimum atomic E-state index is -0.658. The number of aryl methyl sites for hydroxylation is 1. The lowest BCUT2D eigenvalue weighted by Gasteiger charge is -2.09. The zero-order valence-corrected chi connectivity index (χ0v) is 16.7. The van der Waals surface area contributed by atoms with E-state index in [0.29, 0.717) is 34.8 Å². The van der Waals surface area contributed by atoms with Crippen LogP contribution in [0.4, 0.5) is 4.39 Å². The van der Waals surface area contributed by atoms with Gasteiger partial charge >= 0.3 is 5.97 Å². The molecule has 2 rings (SSSR count). The van der Waals surface area contributed by atoms with Crippen molar-refractivity contribution in [2.24, 2.45) is 0 Å². The van der Waals surface area contributed by atoms with Crippen LogP contribution in [0.25, 0.3) is 6.08 Å². The lowest BCUT2D eigenvalue weighted by atomic mass is 10.1. The number of ether oxygens (including phenoxy) is 3. The van der Waals surface area contributed by atoms with Crippen LogP contribution in [-0.4, -0.2) is 32.2 Å². The van der Waals surface area contributed by atoms with Gasteiger partial charge in [0.05, 0.1) is 13.7 Å². The Hall–Kier alpha value is -3.35. The molecule has 29 heavy (non-hydrogen) atoms. The average molecular weight is 401 g/mol. The van der Waals surface area contributed by atoms with Crippen LogP contribution in [0.2, 0.25) is 0 Å². The molecule has 7 heteroatoms. The molecule has 0 aromatic heterocycles. The van der Waals surface area contributed by atoms with E-state index in [1.165, 1.54) is 19.3 Å². The van der Waals surface area contributed by atoms with E-state index >= 15 is 0 Å². The molecule has 0 fully saturated rings. The van der Waals surface area contributed by atoms with Crippen molar-refractivity contribution in [2.75, 3.05) is 20.3 Å². The highest BCUT2D eigenvalue weighted by Crippen LogP contribution is 2.28. The molecule has 1 N–H and O–H groups in total. The quantitative estimate of drug-likeness (QED) is 0.515. The van der Waals surface area contributed by atoms with Gasteiger partial charge in [-0.05, 0) is 54.8 Å². The van der Waals surface area contributed by atoms with Crippen molar-refractivity contribution in [3.8, 4) is 11.5 Å². The number of amides is 1. The first-order chi connectivity index (χ1) is 13.9. The summed E-state index contributed by atoms with van der Waals surface area (Å²) in [6, 6.07) is 9.95. The molecular formula is C22H24FNO5. The van der Waals surface area contributed by atoms with Gasteiger partial charge in [0.1, 0.15) is 5.82 Å². The fourth-order valence-corrected chi connectivity index (χ4v) is 2.41. The molecule has 0 atom stereocenters. The van der Waals surface area contributed by atoms with E-state index in [1.54, 1.807) is 43.3 Å². The molecular weight excluding hydrogens is 377 g/mol. The van der Waals surface area contributed by atoms with Crippen molar-refractivity contribution in [3.63, 3.8) is 0 Å². The van der Waals surface area contributed by atoms with Gasteiger partial charge in [-0.15, -0.1) is 0 Å². The fraction of sp³-hybridized carbons (Fsp3) is 0.273. The van der Waals surface area contributed by atoms with Crippen LogP contribution >= 0.6 is 0 Å². The molecule has 2 aromatic rings. The van der Waals surface area contributed by atoms with Crippen molar-refractivity contribution >= 4 is 18.0 Å². The van der Waals surface area contributed by atoms with Gasteiger partial charge in [-0.25, -0.2) is 9.18 Å². The molecule has 0 radical (unpaired) electrons. The molecule has 0 spiro atoms. The van der Waals surface area contributed by atoms with Crippen molar-refractivity contribution < 1.29 is 28.2 Å². The number of hydrogen-bond donors (Lipinski definition) is 1. The summed E-state index contributed by atoms with van der Waals surface area (Å²) in [5, 5.41) is 2.57. The third-order valence-corrected chi connectivity index (χ3v) is 3.97. The van der Waals surface area contributed by atoms with Crippen LogP contribution < -0.4 is 14.8 Å². The summed E-state index contributed by atoms with van der Waals surface area (Å²) in [6.07, 6.45) is 2.77. The first-order valence-corrected chi connectivity index (χ1v) is 9.10. The van der Waals surface area contributed by atoms with Crippen molar-refractivity contribution in [2.45, 2.75) is 20.4 Å². The van der Waals surface area contributed by atoms with Gasteiger partial charge in [-0.1, -0.05) is 18.2 Å². The maximum atomic E-state index is 13.5. The Bertz CT molecular complexity index is 895.